The quantitative estimate of drug-likeness (QED) is 0.381. The Labute approximate surface area is 169 Å². The van der Waals surface area contributed by atoms with Crippen molar-refractivity contribution in [1.29, 1.82) is 0 Å². The summed E-state index contributed by atoms with van der Waals surface area (Å²) in [6.45, 7) is 1.51. The molecule has 11 heteroatoms. The highest BCUT2D eigenvalue weighted by Crippen LogP contribution is 2.23. The fourth-order valence-corrected chi connectivity index (χ4v) is 2.73. The lowest BCUT2D eigenvalue weighted by atomic mass is 10.2. The number of aryl methyl sites for hydroxylation is 1. The fraction of sp³-hybridized carbons (Fsp3) is 0.105. The molecule has 4 aromatic rings. The first-order valence-electron chi connectivity index (χ1n) is 8.83. The zero-order chi connectivity index (χ0) is 21.1. The second-order valence-corrected chi connectivity index (χ2v) is 6.34. The van der Waals surface area contributed by atoms with Crippen LogP contribution in [0.4, 0.5) is 11.5 Å². The van der Waals surface area contributed by atoms with Crippen molar-refractivity contribution >= 4 is 17.4 Å². The number of nitro groups is 1. The van der Waals surface area contributed by atoms with Gasteiger partial charge in [-0.2, -0.15) is 9.67 Å². The van der Waals surface area contributed by atoms with Gasteiger partial charge in [-0.15, -0.1) is 0 Å². The van der Waals surface area contributed by atoms with Crippen LogP contribution in [0, 0.1) is 17.0 Å². The molecule has 150 valence electrons. The van der Waals surface area contributed by atoms with Gasteiger partial charge < -0.3 is 20.0 Å². The van der Waals surface area contributed by atoms with E-state index in [1.165, 1.54) is 10.7 Å². The predicted octanol–water partition coefficient (Wildman–Crippen LogP) is 2.85. The van der Waals surface area contributed by atoms with Crippen LogP contribution in [0.3, 0.4) is 0 Å². The molecule has 0 spiro atoms. The summed E-state index contributed by atoms with van der Waals surface area (Å²) < 4.78 is 6.56. The second-order valence-electron chi connectivity index (χ2n) is 6.34. The summed E-state index contributed by atoms with van der Waals surface area (Å²) in [6, 6.07) is 11.8. The summed E-state index contributed by atoms with van der Waals surface area (Å²) in [5, 5.41) is 21.3. The molecule has 3 aromatic heterocycles. The topological polar surface area (TPSA) is 142 Å². The molecule has 3 heterocycles. The molecule has 1 aromatic carbocycles. The zero-order valence-electron chi connectivity index (χ0n) is 15.7. The Hall–Kier alpha value is -4.41. The molecule has 4 rings (SSSR count). The van der Waals surface area contributed by atoms with Crippen LogP contribution >= 0.6 is 0 Å². The first-order valence-corrected chi connectivity index (χ1v) is 8.83. The van der Waals surface area contributed by atoms with Crippen molar-refractivity contribution in [3.05, 3.63) is 70.7 Å². The van der Waals surface area contributed by atoms with Crippen molar-refractivity contribution in [2.75, 3.05) is 5.32 Å². The number of benzene rings is 1. The van der Waals surface area contributed by atoms with Crippen LogP contribution in [0.5, 0.6) is 0 Å². The van der Waals surface area contributed by atoms with Gasteiger partial charge in [0.2, 0.25) is 11.7 Å². The molecule has 0 atom stereocenters. The van der Waals surface area contributed by atoms with Crippen molar-refractivity contribution in [2.45, 2.75) is 13.5 Å². The van der Waals surface area contributed by atoms with Crippen molar-refractivity contribution < 1.29 is 14.2 Å². The molecular formula is C19H15N7O4. The van der Waals surface area contributed by atoms with Crippen LogP contribution in [0.1, 0.15) is 5.69 Å². The van der Waals surface area contributed by atoms with Gasteiger partial charge in [0.05, 0.1) is 16.9 Å². The number of anilines is 1. The van der Waals surface area contributed by atoms with E-state index in [0.717, 1.165) is 11.1 Å². The lowest BCUT2D eigenvalue weighted by Gasteiger charge is -2.05. The Kier molecular flexibility index (Phi) is 4.99. The molecule has 30 heavy (non-hydrogen) atoms. The Bertz CT molecular complexity index is 1200. The van der Waals surface area contributed by atoms with Crippen LogP contribution in [-0.4, -0.2) is 35.7 Å². The zero-order valence-corrected chi connectivity index (χ0v) is 15.7. The minimum absolute atomic E-state index is 0.137. The maximum absolute atomic E-state index is 12.2. The number of rotatable bonds is 6. The summed E-state index contributed by atoms with van der Waals surface area (Å²) in [5.41, 5.74) is 2.56. The summed E-state index contributed by atoms with van der Waals surface area (Å²) in [7, 11) is 0. The summed E-state index contributed by atoms with van der Waals surface area (Å²) in [6.07, 6.45) is 3.28. The standard InChI is InChI=1S/C19H15N7O4/c1-12-10-16(26(28)29)23-25(12)11-17(27)21-15-4-2-13(3-5-15)18-22-19(30-24-18)14-6-8-20-9-7-14/h2-10H,11H2,1H3,(H,21,27). The third-order valence-corrected chi connectivity index (χ3v) is 4.23. The molecule has 0 aliphatic heterocycles. The van der Waals surface area contributed by atoms with Crippen molar-refractivity contribution in [1.82, 2.24) is 24.9 Å². The van der Waals surface area contributed by atoms with E-state index in [0.29, 0.717) is 23.1 Å². The monoisotopic (exact) mass is 405 g/mol. The lowest BCUT2D eigenvalue weighted by Crippen LogP contribution is -2.20. The highest BCUT2D eigenvalue weighted by Gasteiger charge is 2.17. The molecule has 0 aliphatic rings. The van der Waals surface area contributed by atoms with Crippen LogP contribution < -0.4 is 5.32 Å². The molecule has 0 saturated heterocycles. The van der Waals surface area contributed by atoms with Gasteiger partial charge in [0.15, 0.2) is 0 Å². The highest BCUT2D eigenvalue weighted by atomic mass is 16.6. The van der Waals surface area contributed by atoms with Gasteiger partial charge in [0.25, 0.3) is 5.89 Å². The first kappa shape index (κ1) is 18.9. The minimum Gasteiger partial charge on any atom is -0.358 e. The third kappa shape index (κ3) is 4.04. The Morgan fingerprint density at radius 2 is 1.90 bits per heavy atom. The number of carbonyl (C=O) groups excluding carboxylic acids is 1. The van der Waals surface area contributed by atoms with Crippen LogP contribution in [-0.2, 0) is 11.3 Å². The maximum Gasteiger partial charge on any atom is 0.390 e. The normalized spacial score (nSPS) is 10.7. The lowest BCUT2D eigenvalue weighted by molar-refractivity contribution is -0.389. The first-order chi connectivity index (χ1) is 14.5. The molecule has 0 unspecified atom stereocenters. The van der Waals surface area contributed by atoms with E-state index in [1.54, 1.807) is 55.7 Å². The van der Waals surface area contributed by atoms with Gasteiger partial charge in [-0.25, -0.2) is 0 Å². The van der Waals surface area contributed by atoms with E-state index >= 15 is 0 Å². The number of hydrogen-bond donors (Lipinski definition) is 1. The average molecular weight is 405 g/mol. The van der Waals surface area contributed by atoms with Crippen LogP contribution in [0.15, 0.2) is 59.4 Å². The third-order valence-electron chi connectivity index (χ3n) is 4.23. The summed E-state index contributed by atoms with van der Waals surface area (Å²) in [4.78, 5) is 30.7. The number of nitrogens with one attached hydrogen (secondary N) is 1. The maximum atomic E-state index is 12.2. The SMILES string of the molecule is Cc1cc([N+](=O)[O-])nn1CC(=O)Nc1ccc(-c2noc(-c3ccncc3)n2)cc1. The number of hydrogen-bond acceptors (Lipinski definition) is 8. The van der Waals surface area contributed by atoms with E-state index in [-0.39, 0.29) is 18.3 Å². The van der Waals surface area contributed by atoms with Gasteiger partial charge >= 0.3 is 5.82 Å². The number of pyridine rings is 1. The van der Waals surface area contributed by atoms with Gasteiger partial charge in [0.1, 0.15) is 6.54 Å². The van der Waals surface area contributed by atoms with Crippen LogP contribution in [0.25, 0.3) is 22.8 Å². The molecular weight excluding hydrogens is 390 g/mol. The summed E-state index contributed by atoms with van der Waals surface area (Å²) >= 11 is 0. The second kappa shape index (κ2) is 7.91. The molecule has 1 amide bonds. The Balaban J connectivity index is 1.42. The van der Waals surface area contributed by atoms with E-state index in [2.05, 4.69) is 25.5 Å². The Morgan fingerprint density at radius 3 is 2.57 bits per heavy atom. The fourth-order valence-electron chi connectivity index (χ4n) is 2.73. The van der Waals surface area contributed by atoms with E-state index in [9.17, 15) is 14.9 Å². The van der Waals surface area contributed by atoms with Crippen molar-refractivity contribution in [3.8, 4) is 22.8 Å². The molecule has 11 nitrogen and oxygen atoms in total. The van der Waals surface area contributed by atoms with E-state index < -0.39 is 4.92 Å². The smallest absolute Gasteiger partial charge is 0.358 e. The minimum atomic E-state index is -0.599. The molecule has 0 radical (unpaired) electrons. The van der Waals surface area contributed by atoms with Gasteiger partial charge in [-0.3, -0.25) is 9.78 Å². The van der Waals surface area contributed by atoms with Crippen molar-refractivity contribution in [2.24, 2.45) is 0 Å². The molecule has 0 saturated carbocycles. The Morgan fingerprint density at radius 1 is 1.17 bits per heavy atom. The van der Waals surface area contributed by atoms with Gasteiger partial charge in [0, 0.05) is 29.2 Å². The van der Waals surface area contributed by atoms with Crippen LogP contribution in [0.2, 0.25) is 0 Å². The number of nitrogens with zero attached hydrogens (tertiary/aromatic N) is 6. The molecule has 0 fully saturated rings. The van der Waals surface area contributed by atoms with E-state index in [4.69, 9.17) is 4.52 Å². The predicted molar refractivity (Wildman–Crippen MR) is 105 cm³/mol. The molecule has 0 aliphatic carbocycles. The number of carbonyl (C=O) groups is 1. The summed E-state index contributed by atoms with van der Waals surface area (Å²) in [5.74, 6) is 0.145. The van der Waals surface area contributed by atoms with Gasteiger partial charge in [-0.05, 0) is 48.2 Å². The highest BCUT2D eigenvalue weighted by molar-refractivity contribution is 5.90. The number of aromatic nitrogens is 5. The average Bonchev–Trinajstić information content (AvgIpc) is 3.37. The van der Waals surface area contributed by atoms with Crippen molar-refractivity contribution in [3.63, 3.8) is 0 Å². The van der Waals surface area contributed by atoms with Gasteiger partial charge in [-0.1, -0.05) is 5.16 Å². The molecule has 0 bridgehead atoms. The largest absolute Gasteiger partial charge is 0.390 e. The number of amides is 1. The molecule has 1 N–H and O–H groups in total. The van der Waals surface area contributed by atoms with E-state index in [1.807, 2.05) is 0 Å².